The summed E-state index contributed by atoms with van der Waals surface area (Å²) >= 11 is 0. The molecule has 2 heterocycles. The summed E-state index contributed by atoms with van der Waals surface area (Å²) < 4.78 is 5.24. The molecule has 1 amide bonds. The van der Waals surface area contributed by atoms with E-state index in [1.54, 1.807) is 38.1 Å². The van der Waals surface area contributed by atoms with E-state index in [1.807, 2.05) is 4.90 Å². The standard InChI is InChI=1S/C24H28N6O3/c1-17(2)33-24(32)20-8-5-7-19(15-20)23-25-27-30(26-23)16-22(31)29-12-10-28(11-13-29)21-9-4-6-18(3)14-21/h4-9,14-15,17H,10-13,16H2,1-3H3. The molecule has 0 atom stereocenters. The number of tetrazole rings is 1. The van der Waals surface area contributed by atoms with Crippen molar-refractivity contribution in [3.05, 3.63) is 59.7 Å². The van der Waals surface area contributed by atoms with E-state index in [0.29, 0.717) is 30.0 Å². The highest BCUT2D eigenvalue weighted by molar-refractivity contribution is 5.90. The average molecular weight is 449 g/mol. The van der Waals surface area contributed by atoms with Gasteiger partial charge < -0.3 is 14.5 Å². The van der Waals surface area contributed by atoms with Crippen LogP contribution in [0.4, 0.5) is 5.69 Å². The van der Waals surface area contributed by atoms with Crippen molar-refractivity contribution in [1.82, 2.24) is 25.1 Å². The van der Waals surface area contributed by atoms with E-state index in [1.165, 1.54) is 16.0 Å². The van der Waals surface area contributed by atoms with E-state index in [9.17, 15) is 9.59 Å². The Hall–Kier alpha value is -3.75. The third-order valence-corrected chi connectivity index (χ3v) is 5.43. The van der Waals surface area contributed by atoms with Crippen molar-refractivity contribution in [3.8, 4) is 11.4 Å². The lowest BCUT2D eigenvalue weighted by atomic mass is 10.1. The molecule has 0 bridgehead atoms. The fourth-order valence-corrected chi connectivity index (χ4v) is 3.75. The largest absolute Gasteiger partial charge is 0.459 e. The summed E-state index contributed by atoms with van der Waals surface area (Å²) in [6, 6.07) is 15.3. The van der Waals surface area contributed by atoms with Crippen LogP contribution in [0, 0.1) is 6.92 Å². The third-order valence-electron chi connectivity index (χ3n) is 5.43. The Labute approximate surface area is 192 Å². The molecule has 1 saturated heterocycles. The number of piperazine rings is 1. The maximum atomic E-state index is 12.8. The Bertz CT molecular complexity index is 1130. The number of esters is 1. The van der Waals surface area contributed by atoms with Crippen LogP contribution >= 0.6 is 0 Å². The lowest BCUT2D eigenvalue weighted by molar-refractivity contribution is -0.132. The van der Waals surface area contributed by atoms with Crippen molar-refractivity contribution in [2.75, 3.05) is 31.1 Å². The second kappa shape index (κ2) is 9.81. The minimum absolute atomic E-state index is 0.0204. The van der Waals surface area contributed by atoms with Crippen LogP contribution in [0.3, 0.4) is 0 Å². The summed E-state index contributed by atoms with van der Waals surface area (Å²) in [6.07, 6.45) is -0.204. The first-order valence-corrected chi connectivity index (χ1v) is 11.1. The molecular formula is C24H28N6O3. The summed E-state index contributed by atoms with van der Waals surface area (Å²) in [6.45, 7) is 8.56. The highest BCUT2D eigenvalue weighted by atomic mass is 16.5. The van der Waals surface area contributed by atoms with Gasteiger partial charge >= 0.3 is 5.97 Å². The van der Waals surface area contributed by atoms with E-state index in [-0.39, 0.29) is 18.6 Å². The highest BCUT2D eigenvalue weighted by Gasteiger charge is 2.22. The average Bonchev–Trinajstić information content (AvgIpc) is 3.27. The lowest BCUT2D eigenvalue weighted by Crippen LogP contribution is -2.49. The van der Waals surface area contributed by atoms with Crippen LogP contribution in [-0.2, 0) is 16.1 Å². The Kier molecular flexibility index (Phi) is 6.67. The predicted molar refractivity (Wildman–Crippen MR) is 124 cm³/mol. The molecule has 0 radical (unpaired) electrons. The van der Waals surface area contributed by atoms with Crippen molar-refractivity contribution in [2.45, 2.75) is 33.4 Å². The van der Waals surface area contributed by atoms with Gasteiger partial charge in [0.1, 0.15) is 6.54 Å². The fraction of sp³-hybridized carbons (Fsp3) is 0.375. The monoisotopic (exact) mass is 448 g/mol. The topological polar surface area (TPSA) is 93.5 Å². The number of hydrogen-bond acceptors (Lipinski definition) is 7. The zero-order valence-electron chi connectivity index (χ0n) is 19.1. The molecule has 0 unspecified atom stereocenters. The first-order chi connectivity index (χ1) is 15.9. The fourth-order valence-electron chi connectivity index (χ4n) is 3.75. The third kappa shape index (κ3) is 5.54. The molecule has 9 heteroatoms. The molecule has 0 aliphatic carbocycles. The first kappa shape index (κ1) is 22.4. The SMILES string of the molecule is Cc1cccc(N2CCN(C(=O)Cn3nnc(-c4cccc(C(=O)OC(C)C)c4)n3)CC2)c1. The van der Waals surface area contributed by atoms with Crippen LogP contribution in [0.1, 0.15) is 29.8 Å². The summed E-state index contributed by atoms with van der Waals surface area (Å²) in [5, 5.41) is 12.4. The molecule has 9 nitrogen and oxygen atoms in total. The van der Waals surface area contributed by atoms with Crippen LogP contribution in [0.15, 0.2) is 48.5 Å². The highest BCUT2D eigenvalue weighted by Crippen LogP contribution is 2.19. The number of benzene rings is 2. The lowest BCUT2D eigenvalue weighted by Gasteiger charge is -2.36. The number of aromatic nitrogens is 4. The van der Waals surface area contributed by atoms with Crippen LogP contribution in [0.5, 0.6) is 0 Å². The van der Waals surface area contributed by atoms with Gasteiger partial charge in [-0.05, 0) is 55.8 Å². The molecule has 0 saturated carbocycles. The molecule has 33 heavy (non-hydrogen) atoms. The molecule has 2 aromatic carbocycles. The molecule has 1 aromatic heterocycles. The van der Waals surface area contributed by atoms with Gasteiger partial charge in [0.05, 0.1) is 11.7 Å². The molecule has 4 rings (SSSR count). The zero-order chi connectivity index (χ0) is 23.4. The van der Waals surface area contributed by atoms with Gasteiger partial charge in [-0.25, -0.2) is 4.79 Å². The molecule has 1 aliphatic rings. The number of amides is 1. The van der Waals surface area contributed by atoms with Crippen molar-refractivity contribution in [1.29, 1.82) is 0 Å². The Morgan fingerprint density at radius 3 is 2.52 bits per heavy atom. The van der Waals surface area contributed by atoms with E-state index < -0.39 is 5.97 Å². The number of carbonyl (C=O) groups excluding carboxylic acids is 2. The van der Waals surface area contributed by atoms with Gasteiger partial charge in [-0.1, -0.05) is 24.3 Å². The second-order valence-corrected chi connectivity index (χ2v) is 8.39. The smallest absolute Gasteiger partial charge is 0.338 e. The van der Waals surface area contributed by atoms with Crippen molar-refractivity contribution in [2.24, 2.45) is 0 Å². The number of hydrogen-bond donors (Lipinski definition) is 0. The number of anilines is 1. The van der Waals surface area contributed by atoms with Gasteiger partial charge in [-0.15, -0.1) is 10.2 Å². The number of nitrogens with zero attached hydrogens (tertiary/aromatic N) is 6. The summed E-state index contributed by atoms with van der Waals surface area (Å²) in [5.41, 5.74) is 3.46. The van der Waals surface area contributed by atoms with Gasteiger partial charge in [0.2, 0.25) is 11.7 Å². The molecule has 0 spiro atoms. The maximum absolute atomic E-state index is 12.8. The zero-order valence-corrected chi connectivity index (χ0v) is 19.1. The quantitative estimate of drug-likeness (QED) is 0.535. The van der Waals surface area contributed by atoms with E-state index in [2.05, 4.69) is 51.5 Å². The molecule has 1 aliphatic heterocycles. The maximum Gasteiger partial charge on any atom is 0.338 e. The normalized spacial score (nSPS) is 13.9. The molecule has 3 aromatic rings. The minimum Gasteiger partial charge on any atom is -0.459 e. The molecule has 1 fully saturated rings. The molecule has 172 valence electrons. The number of ether oxygens (including phenoxy) is 1. The van der Waals surface area contributed by atoms with E-state index >= 15 is 0 Å². The van der Waals surface area contributed by atoms with Gasteiger partial charge in [-0.2, -0.15) is 4.80 Å². The molecular weight excluding hydrogens is 420 g/mol. The van der Waals surface area contributed by atoms with E-state index in [0.717, 1.165) is 13.1 Å². The van der Waals surface area contributed by atoms with Crippen molar-refractivity contribution >= 4 is 17.6 Å². The Morgan fingerprint density at radius 1 is 1.03 bits per heavy atom. The van der Waals surface area contributed by atoms with Gasteiger partial charge in [-0.3, -0.25) is 4.79 Å². The summed E-state index contributed by atoms with van der Waals surface area (Å²) in [4.78, 5) is 30.3. The van der Waals surface area contributed by atoms with Crippen molar-refractivity contribution in [3.63, 3.8) is 0 Å². The number of rotatable bonds is 6. The number of carbonyl (C=O) groups is 2. The van der Waals surface area contributed by atoms with E-state index in [4.69, 9.17) is 4.74 Å². The predicted octanol–water partition coefficient (Wildman–Crippen LogP) is 2.56. The minimum atomic E-state index is -0.403. The van der Waals surface area contributed by atoms with Crippen LogP contribution in [0.2, 0.25) is 0 Å². The number of aryl methyl sites for hydroxylation is 1. The van der Waals surface area contributed by atoms with Crippen molar-refractivity contribution < 1.29 is 14.3 Å². The first-order valence-electron chi connectivity index (χ1n) is 11.1. The van der Waals surface area contributed by atoms with Gasteiger partial charge in [0.15, 0.2) is 0 Å². The molecule has 0 N–H and O–H groups in total. The van der Waals surface area contributed by atoms with Crippen LogP contribution in [0.25, 0.3) is 11.4 Å². The Morgan fingerprint density at radius 2 is 1.79 bits per heavy atom. The van der Waals surface area contributed by atoms with Gasteiger partial charge in [0, 0.05) is 37.4 Å². The summed E-state index contributed by atoms with van der Waals surface area (Å²) in [5.74, 6) is -0.0948. The van der Waals surface area contributed by atoms with Crippen LogP contribution in [-0.4, -0.2) is 69.3 Å². The summed E-state index contributed by atoms with van der Waals surface area (Å²) in [7, 11) is 0. The van der Waals surface area contributed by atoms with Crippen LogP contribution < -0.4 is 4.90 Å². The van der Waals surface area contributed by atoms with Gasteiger partial charge in [0.25, 0.3) is 0 Å². The Balaban J connectivity index is 1.35. The second-order valence-electron chi connectivity index (χ2n) is 8.39.